The summed E-state index contributed by atoms with van der Waals surface area (Å²) in [4.78, 5) is 2.45. The molecule has 1 aliphatic rings. The molecule has 0 spiro atoms. The highest BCUT2D eigenvalue weighted by molar-refractivity contribution is 6.32. The number of para-hydroxylation sites is 2. The van der Waals surface area contributed by atoms with Crippen LogP contribution in [0, 0.1) is 0 Å². The Bertz CT molecular complexity index is 3680. The van der Waals surface area contributed by atoms with Crippen molar-refractivity contribution in [3.63, 3.8) is 0 Å². The van der Waals surface area contributed by atoms with E-state index in [4.69, 9.17) is 0 Å². The van der Waals surface area contributed by atoms with Gasteiger partial charge in [-0.25, -0.2) is 0 Å². The molecule has 0 N–H and O–H groups in total. The third kappa shape index (κ3) is 5.13. The van der Waals surface area contributed by atoms with Crippen molar-refractivity contribution in [1.29, 1.82) is 0 Å². The second-order valence-electron chi connectivity index (χ2n) is 16.8. The highest BCUT2D eigenvalue weighted by Crippen LogP contribution is 2.59. The Kier molecular flexibility index (Phi) is 7.85. The van der Waals surface area contributed by atoms with Gasteiger partial charge >= 0.3 is 0 Å². The van der Waals surface area contributed by atoms with Crippen LogP contribution in [0.5, 0.6) is 0 Å². The molecule has 294 valence electrons. The summed E-state index contributed by atoms with van der Waals surface area (Å²) in [5.41, 5.74) is 14.0. The van der Waals surface area contributed by atoms with Crippen molar-refractivity contribution < 1.29 is 0 Å². The Hall–Kier alpha value is -8.20. The van der Waals surface area contributed by atoms with Gasteiger partial charge in [-0.2, -0.15) is 0 Å². The zero-order valence-electron chi connectivity index (χ0n) is 34.5. The molecule has 0 aliphatic heterocycles. The molecule has 0 unspecified atom stereocenters. The number of rotatable bonds is 6. The molecule has 0 saturated carbocycles. The van der Waals surface area contributed by atoms with Crippen LogP contribution >= 0.6 is 0 Å². The number of fused-ring (bicyclic) bond motifs is 13. The molecule has 0 atom stereocenters. The first-order valence-electron chi connectivity index (χ1n) is 21.9. The minimum Gasteiger partial charge on any atom is -0.310 e. The molecule has 0 radical (unpaired) electrons. The largest absolute Gasteiger partial charge is 0.310 e. The van der Waals surface area contributed by atoms with E-state index in [1.165, 1.54) is 87.5 Å². The lowest BCUT2D eigenvalue weighted by Crippen LogP contribution is -2.29. The Morgan fingerprint density at radius 3 is 1.57 bits per heavy atom. The summed E-state index contributed by atoms with van der Waals surface area (Å²) in [7, 11) is 0. The van der Waals surface area contributed by atoms with Crippen molar-refractivity contribution in [2.45, 2.75) is 5.41 Å². The first kappa shape index (κ1) is 35.5. The average molecular weight is 801 g/mol. The lowest BCUT2D eigenvalue weighted by Gasteiger charge is -2.35. The van der Waals surface area contributed by atoms with Crippen molar-refractivity contribution in [3.8, 4) is 16.8 Å². The van der Waals surface area contributed by atoms with Crippen LogP contribution < -0.4 is 4.90 Å². The lowest BCUT2D eigenvalue weighted by molar-refractivity contribution is 0.775. The van der Waals surface area contributed by atoms with Crippen LogP contribution in [0.25, 0.3) is 70.9 Å². The van der Waals surface area contributed by atoms with Crippen molar-refractivity contribution in [1.82, 2.24) is 4.57 Å². The summed E-state index contributed by atoms with van der Waals surface area (Å²) in [5.74, 6) is 0. The van der Waals surface area contributed by atoms with Crippen molar-refractivity contribution >= 4 is 71.2 Å². The highest BCUT2D eigenvalue weighted by Gasteiger charge is 2.47. The molecule has 2 nitrogen and oxygen atoms in total. The Labute approximate surface area is 366 Å². The van der Waals surface area contributed by atoms with E-state index in [9.17, 15) is 0 Å². The van der Waals surface area contributed by atoms with E-state index in [-0.39, 0.29) is 0 Å². The van der Waals surface area contributed by atoms with Crippen molar-refractivity contribution in [2.24, 2.45) is 0 Å². The summed E-state index contributed by atoms with van der Waals surface area (Å²) < 4.78 is 2.47. The van der Waals surface area contributed by atoms with Crippen LogP contribution in [0.3, 0.4) is 0 Å². The van der Waals surface area contributed by atoms with Crippen LogP contribution in [-0.2, 0) is 5.41 Å². The predicted octanol–water partition coefficient (Wildman–Crippen LogP) is 16.1. The third-order valence-corrected chi connectivity index (χ3v) is 13.6. The van der Waals surface area contributed by atoms with Gasteiger partial charge in [0.2, 0.25) is 0 Å². The van der Waals surface area contributed by atoms with Gasteiger partial charge in [-0.05, 0) is 115 Å². The molecular formula is C61H40N2. The smallest absolute Gasteiger partial charge is 0.0720 e. The number of anilines is 3. The van der Waals surface area contributed by atoms with E-state index >= 15 is 0 Å². The summed E-state index contributed by atoms with van der Waals surface area (Å²) >= 11 is 0. The van der Waals surface area contributed by atoms with Gasteiger partial charge < -0.3 is 9.47 Å². The third-order valence-electron chi connectivity index (χ3n) is 13.6. The number of hydrogen-bond donors (Lipinski definition) is 0. The van der Waals surface area contributed by atoms with E-state index in [1.807, 2.05) is 0 Å². The maximum atomic E-state index is 2.48. The molecule has 63 heavy (non-hydrogen) atoms. The minimum absolute atomic E-state index is 0.570. The fraction of sp³-hybridized carbons (Fsp3) is 0.0164. The Morgan fingerprint density at radius 1 is 0.349 bits per heavy atom. The van der Waals surface area contributed by atoms with Crippen molar-refractivity contribution in [3.05, 3.63) is 265 Å². The summed E-state index contributed by atoms with van der Waals surface area (Å²) in [6.07, 6.45) is 0. The van der Waals surface area contributed by atoms with Gasteiger partial charge in [-0.15, -0.1) is 0 Å². The highest BCUT2D eigenvalue weighted by atomic mass is 15.1. The minimum atomic E-state index is -0.570. The fourth-order valence-corrected chi connectivity index (χ4v) is 11.1. The number of benzene rings is 11. The number of nitrogens with zero attached hydrogens (tertiary/aromatic N) is 2. The molecule has 13 rings (SSSR count). The van der Waals surface area contributed by atoms with Crippen LogP contribution in [0.2, 0.25) is 0 Å². The van der Waals surface area contributed by atoms with Gasteiger partial charge in [0.1, 0.15) is 0 Å². The number of aromatic nitrogens is 1. The average Bonchev–Trinajstić information content (AvgIpc) is 3.87. The summed E-state index contributed by atoms with van der Waals surface area (Å²) in [6.45, 7) is 0. The molecule has 1 heterocycles. The second-order valence-corrected chi connectivity index (χ2v) is 16.8. The molecule has 0 bridgehead atoms. The van der Waals surface area contributed by atoms with Gasteiger partial charge in [0.15, 0.2) is 0 Å². The number of hydrogen-bond acceptors (Lipinski definition) is 1. The molecule has 11 aromatic carbocycles. The Morgan fingerprint density at radius 2 is 0.873 bits per heavy atom. The van der Waals surface area contributed by atoms with Gasteiger partial charge in [0.25, 0.3) is 0 Å². The molecule has 2 heteroatoms. The van der Waals surface area contributed by atoms with Gasteiger partial charge in [-0.3, -0.25) is 0 Å². The standard InChI is InChI=1S/C61H40N2/c1-5-20-42(21-6-1)61(43-22-7-2-8-23-43)56-40-47(34-37-51(56)53-36-33-41-19-13-14-28-48(41)59(53)61)62(44-24-9-3-10-25-44)46-35-38-57-55(39-46)58-52-31-17-15-29-49(52)50-30-16-18-32-54(50)60(58)63(57)45-26-11-4-12-27-45/h1-40H. The molecule has 1 aromatic heterocycles. The molecule has 0 saturated heterocycles. The quantitative estimate of drug-likeness (QED) is 0.152. The molecule has 1 aliphatic carbocycles. The van der Waals surface area contributed by atoms with E-state index < -0.39 is 5.41 Å². The Balaban J connectivity index is 1.12. The van der Waals surface area contributed by atoms with E-state index in [0.29, 0.717) is 0 Å². The maximum absolute atomic E-state index is 2.48. The van der Waals surface area contributed by atoms with Gasteiger partial charge in [-0.1, -0.05) is 188 Å². The van der Waals surface area contributed by atoms with Gasteiger partial charge in [0.05, 0.1) is 16.4 Å². The SMILES string of the molecule is c1ccc(N(c2ccc3c(c2)C(c2ccccc2)(c2ccccc2)c2c-3ccc3ccccc23)c2ccc3c(c2)c2c4ccccc4c4ccccc4c2n3-c2ccccc2)cc1. The normalized spacial score (nSPS) is 12.9. The van der Waals surface area contributed by atoms with E-state index in [0.717, 1.165) is 22.7 Å². The zero-order chi connectivity index (χ0) is 41.5. The zero-order valence-corrected chi connectivity index (χ0v) is 34.5. The lowest BCUT2D eigenvalue weighted by atomic mass is 9.66. The van der Waals surface area contributed by atoms with E-state index in [2.05, 4.69) is 252 Å². The predicted molar refractivity (Wildman–Crippen MR) is 265 cm³/mol. The molecule has 0 amide bonds. The summed E-state index contributed by atoms with van der Waals surface area (Å²) in [5, 5.41) is 10.0. The molecule has 0 fully saturated rings. The fourth-order valence-electron chi connectivity index (χ4n) is 11.1. The second kappa shape index (κ2) is 13.9. The molecular weight excluding hydrogens is 761 g/mol. The van der Waals surface area contributed by atoms with Crippen LogP contribution in [-0.4, -0.2) is 4.57 Å². The first-order chi connectivity index (χ1) is 31.3. The first-order valence-corrected chi connectivity index (χ1v) is 21.9. The van der Waals surface area contributed by atoms with Crippen molar-refractivity contribution in [2.75, 3.05) is 4.90 Å². The molecule has 12 aromatic rings. The topological polar surface area (TPSA) is 8.17 Å². The van der Waals surface area contributed by atoms with E-state index in [1.54, 1.807) is 0 Å². The monoisotopic (exact) mass is 800 g/mol. The van der Waals surface area contributed by atoms with Crippen LogP contribution in [0.15, 0.2) is 243 Å². The maximum Gasteiger partial charge on any atom is 0.0720 e. The summed E-state index contributed by atoms with van der Waals surface area (Å²) in [6, 6.07) is 89.6. The van der Waals surface area contributed by atoms with Gasteiger partial charge in [0, 0.05) is 38.9 Å². The van der Waals surface area contributed by atoms with Crippen LogP contribution in [0.4, 0.5) is 17.1 Å². The van der Waals surface area contributed by atoms with Crippen LogP contribution in [0.1, 0.15) is 22.3 Å².